The third kappa shape index (κ3) is 3.39. The fourth-order valence-electron chi connectivity index (χ4n) is 1.96. The Labute approximate surface area is 122 Å². The van der Waals surface area contributed by atoms with Gasteiger partial charge in [-0.15, -0.1) is 0 Å². The van der Waals surface area contributed by atoms with Gasteiger partial charge in [0.25, 0.3) is 0 Å². The van der Waals surface area contributed by atoms with Crippen molar-refractivity contribution in [1.29, 1.82) is 0 Å². The molecule has 0 spiro atoms. The molecule has 0 heterocycles. The van der Waals surface area contributed by atoms with Gasteiger partial charge in [0, 0.05) is 29.9 Å². The van der Waals surface area contributed by atoms with Gasteiger partial charge in [-0.25, -0.2) is 0 Å². The van der Waals surface area contributed by atoms with E-state index in [0.717, 1.165) is 0 Å². The number of rotatable bonds is 4. The molecule has 0 fully saturated rings. The first-order chi connectivity index (χ1) is 10.0. The number of anilines is 2. The number of hydrogen-bond donors (Lipinski definition) is 2. The van der Waals surface area contributed by atoms with Crippen LogP contribution in [0, 0.1) is 0 Å². The van der Waals surface area contributed by atoms with Crippen LogP contribution in [0.25, 0.3) is 0 Å². The second kappa shape index (κ2) is 6.09. The van der Waals surface area contributed by atoms with Gasteiger partial charge < -0.3 is 15.8 Å². The SMILES string of the molecule is COc1cc(N)ccc1C(=O)c1ccc(NC(C)=O)cc1. The monoisotopic (exact) mass is 284 g/mol. The molecule has 0 aliphatic rings. The third-order valence-electron chi connectivity index (χ3n) is 2.94. The number of nitrogens with two attached hydrogens (primary N) is 1. The molecular formula is C16H16N2O3. The lowest BCUT2D eigenvalue weighted by molar-refractivity contribution is -0.114. The maximum absolute atomic E-state index is 12.5. The Morgan fingerprint density at radius 3 is 2.33 bits per heavy atom. The van der Waals surface area contributed by atoms with Crippen molar-refractivity contribution in [3.8, 4) is 5.75 Å². The molecule has 0 radical (unpaired) electrons. The van der Waals surface area contributed by atoms with E-state index in [2.05, 4.69) is 5.32 Å². The fraction of sp³-hybridized carbons (Fsp3) is 0.125. The highest BCUT2D eigenvalue weighted by Gasteiger charge is 2.14. The van der Waals surface area contributed by atoms with Crippen molar-refractivity contribution in [2.24, 2.45) is 0 Å². The summed E-state index contributed by atoms with van der Waals surface area (Å²) in [6.07, 6.45) is 0. The number of nitrogen functional groups attached to an aromatic ring is 1. The van der Waals surface area contributed by atoms with Crippen LogP contribution < -0.4 is 15.8 Å². The molecule has 2 aromatic rings. The lowest BCUT2D eigenvalue weighted by Gasteiger charge is -2.09. The van der Waals surface area contributed by atoms with Gasteiger partial charge in [0.1, 0.15) is 5.75 Å². The van der Waals surface area contributed by atoms with Gasteiger partial charge in [-0.05, 0) is 36.4 Å². The number of amides is 1. The zero-order valence-corrected chi connectivity index (χ0v) is 11.8. The van der Waals surface area contributed by atoms with E-state index < -0.39 is 0 Å². The number of ether oxygens (including phenoxy) is 1. The molecule has 0 unspecified atom stereocenters. The highest BCUT2D eigenvalue weighted by Crippen LogP contribution is 2.24. The van der Waals surface area contributed by atoms with Crippen molar-refractivity contribution in [2.75, 3.05) is 18.2 Å². The minimum atomic E-state index is -0.166. The van der Waals surface area contributed by atoms with Gasteiger partial charge in [-0.2, -0.15) is 0 Å². The van der Waals surface area contributed by atoms with Crippen LogP contribution in [-0.2, 0) is 4.79 Å². The minimum absolute atomic E-state index is 0.158. The number of carbonyl (C=O) groups is 2. The predicted molar refractivity (Wildman–Crippen MR) is 81.6 cm³/mol. The van der Waals surface area contributed by atoms with Crippen molar-refractivity contribution in [2.45, 2.75) is 6.92 Å². The Hall–Kier alpha value is -2.82. The Bertz CT molecular complexity index is 678. The van der Waals surface area contributed by atoms with Crippen LogP contribution in [0.3, 0.4) is 0 Å². The maximum atomic E-state index is 12.5. The lowest BCUT2D eigenvalue weighted by Crippen LogP contribution is -2.07. The van der Waals surface area contributed by atoms with Crippen molar-refractivity contribution in [3.63, 3.8) is 0 Å². The summed E-state index contributed by atoms with van der Waals surface area (Å²) < 4.78 is 5.19. The molecule has 108 valence electrons. The van der Waals surface area contributed by atoms with Crippen molar-refractivity contribution >= 4 is 23.1 Å². The predicted octanol–water partition coefficient (Wildman–Crippen LogP) is 2.47. The first-order valence-corrected chi connectivity index (χ1v) is 6.37. The fourth-order valence-corrected chi connectivity index (χ4v) is 1.96. The Morgan fingerprint density at radius 1 is 1.10 bits per heavy atom. The van der Waals surface area contributed by atoms with E-state index in [9.17, 15) is 9.59 Å². The molecule has 2 rings (SSSR count). The smallest absolute Gasteiger partial charge is 0.221 e. The van der Waals surface area contributed by atoms with E-state index in [1.807, 2.05) is 0 Å². The third-order valence-corrected chi connectivity index (χ3v) is 2.94. The average molecular weight is 284 g/mol. The van der Waals surface area contributed by atoms with E-state index in [-0.39, 0.29) is 11.7 Å². The Balaban J connectivity index is 2.30. The van der Waals surface area contributed by atoms with Crippen LogP contribution in [0.4, 0.5) is 11.4 Å². The van der Waals surface area contributed by atoms with Crippen LogP contribution >= 0.6 is 0 Å². The van der Waals surface area contributed by atoms with Crippen LogP contribution in [0.5, 0.6) is 5.75 Å². The molecular weight excluding hydrogens is 268 g/mol. The van der Waals surface area contributed by atoms with Crippen molar-refractivity contribution < 1.29 is 14.3 Å². The van der Waals surface area contributed by atoms with Gasteiger partial charge in [-0.1, -0.05) is 0 Å². The lowest BCUT2D eigenvalue weighted by atomic mass is 10.0. The van der Waals surface area contributed by atoms with Crippen LogP contribution in [0.2, 0.25) is 0 Å². The van der Waals surface area contributed by atoms with Crippen molar-refractivity contribution in [3.05, 3.63) is 53.6 Å². The van der Waals surface area contributed by atoms with E-state index in [1.165, 1.54) is 14.0 Å². The van der Waals surface area contributed by atoms with E-state index in [4.69, 9.17) is 10.5 Å². The van der Waals surface area contributed by atoms with Crippen LogP contribution in [-0.4, -0.2) is 18.8 Å². The summed E-state index contributed by atoms with van der Waals surface area (Å²) in [5, 5.41) is 2.65. The first kappa shape index (κ1) is 14.6. The topological polar surface area (TPSA) is 81.4 Å². The van der Waals surface area contributed by atoms with Gasteiger partial charge in [-0.3, -0.25) is 9.59 Å². The molecule has 2 aromatic carbocycles. The molecule has 5 heteroatoms. The van der Waals surface area contributed by atoms with Gasteiger partial charge in [0.05, 0.1) is 12.7 Å². The molecule has 0 aromatic heterocycles. The zero-order chi connectivity index (χ0) is 15.4. The van der Waals surface area contributed by atoms with E-state index in [1.54, 1.807) is 42.5 Å². The van der Waals surface area contributed by atoms with Crippen molar-refractivity contribution in [1.82, 2.24) is 0 Å². The zero-order valence-electron chi connectivity index (χ0n) is 11.8. The number of methoxy groups -OCH3 is 1. The summed E-state index contributed by atoms with van der Waals surface area (Å²) in [5.74, 6) is 0.112. The quantitative estimate of drug-likeness (QED) is 0.667. The van der Waals surface area contributed by atoms with E-state index >= 15 is 0 Å². The summed E-state index contributed by atoms with van der Waals surface area (Å²) in [5.41, 5.74) is 7.80. The van der Waals surface area contributed by atoms with Gasteiger partial charge in [0.15, 0.2) is 5.78 Å². The number of nitrogens with one attached hydrogen (secondary N) is 1. The molecule has 0 atom stereocenters. The molecule has 21 heavy (non-hydrogen) atoms. The molecule has 0 saturated carbocycles. The molecule has 0 aliphatic carbocycles. The Morgan fingerprint density at radius 2 is 1.76 bits per heavy atom. The molecule has 3 N–H and O–H groups in total. The summed E-state index contributed by atoms with van der Waals surface area (Å²) in [6, 6.07) is 11.6. The molecule has 1 amide bonds. The summed E-state index contributed by atoms with van der Waals surface area (Å²) >= 11 is 0. The molecule has 0 saturated heterocycles. The number of carbonyl (C=O) groups excluding carboxylic acids is 2. The Kier molecular flexibility index (Phi) is 4.23. The summed E-state index contributed by atoms with van der Waals surface area (Å²) in [6.45, 7) is 1.43. The van der Waals surface area contributed by atoms with Crippen LogP contribution in [0.1, 0.15) is 22.8 Å². The number of benzene rings is 2. The minimum Gasteiger partial charge on any atom is -0.496 e. The second-order valence-electron chi connectivity index (χ2n) is 4.55. The largest absolute Gasteiger partial charge is 0.496 e. The van der Waals surface area contributed by atoms with Gasteiger partial charge in [0.2, 0.25) is 5.91 Å². The highest BCUT2D eigenvalue weighted by molar-refractivity contribution is 6.11. The summed E-state index contributed by atoms with van der Waals surface area (Å²) in [7, 11) is 1.49. The van der Waals surface area contributed by atoms with Gasteiger partial charge >= 0.3 is 0 Å². The second-order valence-corrected chi connectivity index (χ2v) is 4.55. The number of hydrogen-bond acceptors (Lipinski definition) is 4. The van der Waals surface area contributed by atoms with Crippen LogP contribution in [0.15, 0.2) is 42.5 Å². The summed E-state index contributed by atoms with van der Waals surface area (Å²) in [4.78, 5) is 23.4. The average Bonchev–Trinajstić information content (AvgIpc) is 2.46. The molecule has 5 nitrogen and oxygen atoms in total. The molecule has 0 aliphatic heterocycles. The highest BCUT2D eigenvalue weighted by atomic mass is 16.5. The number of ketones is 1. The molecule has 0 bridgehead atoms. The standard InChI is InChI=1S/C16H16N2O3/c1-10(19)18-13-6-3-11(4-7-13)16(20)14-8-5-12(17)9-15(14)21-2/h3-9H,17H2,1-2H3,(H,18,19). The van der Waals surface area contributed by atoms with E-state index in [0.29, 0.717) is 28.3 Å². The maximum Gasteiger partial charge on any atom is 0.221 e. The first-order valence-electron chi connectivity index (χ1n) is 6.37. The normalized spacial score (nSPS) is 10.0.